The van der Waals surface area contributed by atoms with Gasteiger partial charge in [-0.05, 0) is 53.3 Å². The van der Waals surface area contributed by atoms with Gasteiger partial charge < -0.3 is 0 Å². The van der Waals surface area contributed by atoms with Crippen molar-refractivity contribution in [2.24, 2.45) is 7.05 Å². The molecule has 2 aromatic heterocycles. The van der Waals surface area contributed by atoms with Gasteiger partial charge in [-0.3, -0.25) is 14.5 Å². The van der Waals surface area contributed by atoms with Crippen LogP contribution in [-0.2, 0) is 24.7 Å². The van der Waals surface area contributed by atoms with E-state index in [1.54, 1.807) is 12.4 Å². The molecular weight excluding hydrogens is 346 g/mol. The molecule has 2 aromatic carbocycles. The molecular formula is C24H23N3O. The third kappa shape index (κ3) is 4.17. The molecule has 4 aromatic rings. The first-order chi connectivity index (χ1) is 13.7. The number of rotatable bonds is 7. The molecule has 2 heterocycles. The molecule has 4 rings (SSSR count). The lowest BCUT2D eigenvalue weighted by Gasteiger charge is -2.06. The molecule has 0 unspecified atom stereocenters. The zero-order chi connectivity index (χ0) is 19.3. The summed E-state index contributed by atoms with van der Waals surface area (Å²) in [6.07, 6.45) is 8.26. The summed E-state index contributed by atoms with van der Waals surface area (Å²) in [5.74, 6) is 0.273. The van der Waals surface area contributed by atoms with Gasteiger partial charge in [0.1, 0.15) is 5.78 Å². The smallest absolute Gasteiger partial charge is 0.137 e. The van der Waals surface area contributed by atoms with E-state index in [2.05, 4.69) is 52.5 Å². The van der Waals surface area contributed by atoms with E-state index in [1.165, 1.54) is 16.7 Å². The first-order valence-corrected chi connectivity index (χ1v) is 9.61. The van der Waals surface area contributed by atoms with Gasteiger partial charge >= 0.3 is 0 Å². The Kier molecular flexibility index (Phi) is 5.29. The molecule has 0 atom stereocenters. The van der Waals surface area contributed by atoms with Crippen LogP contribution in [0.2, 0.25) is 0 Å². The molecule has 0 N–H and O–H groups in total. The monoisotopic (exact) mass is 369 g/mol. The van der Waals surface area contributed by atoms with Gasteiger partial charge in [0, 0.05) is 37.7 Å². The second-order valence-electron chi connectivity index (χ2n) is 7.17. The lowest BCUT2D eigenvalue weighted by Crippen LogP contribution is -2.03. The molecule has 0 saturated heterocycles. The Labute approximate surface area is 164 Å². The summed E-state index contributed by atoms with van der Waals surface area (Å²) in [5.41, 5.74) is 5.78. The van der Waals surface area contributed by atoms with Crippen molar-refractivity contribution >= 4 is 16.7 Å². The predicted molar refractivity (Wildman–Crippen MR) is 112 cm³/mol. The number of fused-ring (bicyclic) bond motifs is 1. The largest absolute Gasteiger partial charge is 0.299 e. The maximum absolute atomic E-state index is 12.1. The Morgan fingerprint density at radius 2 is 1.79 bits per heavy atom. The van der Waals surface area contributed by atoms with Crippen LogP contribution < -0.4 is 0 Å². The maximum atomic E-state index is 12.1. The number of aryl methyl sites for hydroxylation is 2. The molecule has 0 amide bonds. The van der Waals surface area contributed by atoms with Crippen molar-refractivity contribution in [3.8, 4) is 11.1 Å². The number of ketones is 1. The highest BCUT2D eigenvalue weighted by Gasteiger charge is 2.06. The Hall–Kier alpha value is -3.27. The van der Waals surface area contributed by atoms with E-state index >= 15 is 0 Å². The Morgan fingerprint density at radius 1 is 0.964 bits per heavy atom. The van der Waals surface area contributed by atoms with Gasteiger partial charge in [0.15, 0.2) is 0 Å². The van der Waals surface area contributed by atoms with Gasteiger partial charge in [-0.2, -0.15) is 5.10 Å². The molecule has 140 valence electrons. The number of hydrogen-bond acceptors (Lipinski definition) is 3. The minimum absolute atomic E-state index is 0.273. The van der Waals surface area contributed by atoms with Crippen molar-refractivity contribution in [1.82, 2.24) is 14.8 Å². The maximum Gasteiger partial charge on any atom is 0.137 e. The van der Waals surface area contributed by atoms with Crippen LogP contribution in [0.25, 0.3) is 22.0 Å². The summed E-state index contributed by atoms with van der Waals surface area (Å²) in [6, 6.07) is 18.9. The second kappa shape index (κ2) is 8.17. The van der Waals surface area contributed by atoms with Gasteiger partial charge in [0.05, 0.1) is 11.7 Å². The summed E-state index contributed by atoms with van der Waals surface area (Å²) >= 11 is 0. The molecule has 0 spiro atoms. The number of Topliss-reactive ketones (excluding diaryl/α,β-unsaturated/α-hetero) is 1. The molecule has 4 heteroatoms. The summed E-state index contributed by atoms with van der Waals surface area (Å²) in [6.45, 7) is 0. The zero-order valence-corrected chi connectivity index (χ0v) is 16.0. The summed E-state index contributed by atoms with van der Waals surface area (Å²) in [7, 11) is 1.96. The predicted octanol–water partition coefficient (Wildman–Crippen LogP) is 4.77. The van der Waals surface area contributed by atoms with Crippen molar-refractivity contribution in [3.05, 3.63) is 84.3 Å². The lowest BCUT2D eigenvalue weighted by molar-refractivity contribution is -0.118. The minimum Gasteiger partial charge on any atom is -0.299 e. The number of pyridine rings is 1. The van der Waals surface area contributed by atoms with Gasteiger partial charge in [0.2, 0.25) is 0 Å². The normalized spacial score (nSPS) is 11.0. The van der Waals surface area contributed by atoms with Crippen molar-refractivity contribution < 1.29 is 4.79 Å². The average Bonchev–Trinajstić information content (AvgIpc) is 3.09. The topological polar surface area (TPSA) is 47.8 Å². The fourth-order valence-electron chi connectivity index (χ4n) is 3.52. The highest BCUT2D eigenvalue weighted by atomic mass is 16.1. The van der Waals surface area contributed by atoms with Crippen LogP contribution in [0.3, 0.4) is 0 Å². The Morgan fingerprint density at radius 3 is 2.57 bits per heavy atom. The van der Waals surface area contributed by atoms with Gasteiger partial charge in [-0.25, -0.2) is 0 Å². The van der Waals surface area contributed by atoms with Crippen LogP contribution in [0.5, 0.6) is 0 Å². The molecule has 0 bridgehead atoms. The number of nitrogens with zero attached hydrogens (tertiary/aromatic N) is 3. The van der Waals surface area contributed by atoms with E-state index < -0.39 is 0 Å². The number of aromatic nitrogens is 3. The molecule has 0 saturated carbocycles. The number of hydrogen-bond donors (Lipinski definition) is 0. The van der Waals surface area contributed by atoms with E-state index in [1.807, 2.05) is 30.1 Å². The number of benzene rings is 2. The SMILES string of the molecule is Cn1ncc2cc(-c3ccc(CCCC(=O)Cc4cccnc4)cc3)ccc21. The number of carbonyl (C=O) groups is 1. The van der Waals surface area contributed by atoms with E-state index in [-0.39, 0.29) is 5.78 Å². The number of carbonyl (C=O) groups excluding carboxylic acids is 1. The van der Waals surface area contributed by atoms with E-state index in [0.29, 0.717) is 12.8 Å². The molecule has 0 aliphatic heterocycles. The molecule has 4 nitrogen and oxygen atoms in total. The van der Waals surface area contributed by atoms with Crippen molar-refractivity contribution in [1.29, 1.82) is 0 Å². The van der Waals surface area contributed by atoms with Crippen molar-refractivity contribution in [2.75, 3.05) is 0 Å². The van der Waals surface area contributed by atoms with Crippen LogP contribution in [0, 0.1) is 0 Å². The third-order valence-corrected chi connectivity index (χ3v) is 5.08. The van der Waals surface area contributed by atoms with Crippen LogP contribution in [-0.4, -0.2) is 20.5 Å². The molecule has 0 fully saturated rings. The zero-order valence-electron chi connectivity index (χ0n) is 16.0. The fourth-order valence-corrected chi connectivity index (χ4v) is 3.52. The van der Waals surface area contributed by atoms with Gasteiger partial charge in [0.25, 0.3) is 0 Å². The average molecular weight is 369 g/mol. The standard InChI is InChI=1S/C24H23N3O/c1-27-24-12-11-21(15-22(24)17-26-27)20-9-7-18(8-10-20)4-2-6-23(28)14-19-5-3-13-25-16-19/h3,5,7-13,15-17H,2,4,6,14H2,1H3. The molecule has 28 heavy (non-hydrogen) atoms. The minimum atomic E-state index is 0.273. The summed E-state index contributed by atoms with van der Waals surface area (Å²) < 4.78 is 1.89. The van der Waals surface area contributed by atoms with Crippen molar-refractivity contribution in [3.63, 3.8) is 0 Å². The lowest BCUT2D eigenvalue weighted by atomic mass is 9.99. The fraction of sp³-hybridized carbons (Fsp3) is 0.208. The van der Waals surface area contributed by atoms with Crippen LogP contribution in [0.1, 0.15) is 24.0 Å². The molecule has 0 aliphatic carbocycles. The van der Waals surface area contributed by atoms with Crippen LogP contribution in [0.15, 0.2) is 73.2 Å². The van der Waals surface area contributed by atoms with Crippen LogP contribution >= 0.6 is 0 Å². The van der Waals surface area contributed by atoms with Crippen LogP contribution in [0.4, 0.5) is 0 Å². The first kappa shape index (κ1) is 18.1. The summed E-state index contributed by atoms with van der Waals surface area (Å²) in [4.78, 5) is 16.2. The van der Waals surface area contributed by atoms with Gasteiger partial charge in [-0.15, -0.1) is 0 Å². The van der Waals surface area contributed by atoms with E-state index in [0.717, 1.165) is 29.3 Å². The molecule has 0 radical (unpaired) electrons. The summed E-state index contributed by atoms with van der Waals surface area (Å²) in [5, 5.41) is 5.45. The van der Waals surface area contributed by atoms with E-state index in [9.17, 15) is 4.79 Å². The molecule has 0 aliphatic rings. The van der Waals surface area contributed by atoms with Gasteiger partial charge in [-0.1, -0.05) is 36.4 Å². The highest BCUT2D eigenvalue weighted by Crippen LogP contribution is 2.24. The third-order valence-electron chi connectivity index (χ3n) is 5.08. The van der Waals surface area contributed by atoms with Crippen molar-refractivity contribution in [2.45, 2.75) is 25.7 Å². The quantitative estimate of drug-likeness (QED) is 0.471. The van der Waals surface area contributed by atoms with E-state index in [4.69, 9.17) is 0 Å². The first-order valence-electron chi connectivity index (χ1n) is 9.61. The Balaban J connectivity index is 1.33. The second-order valence-corrected chi connectivity index (χ2v) is 7.17. The Bertz CT molecular complexity index is 1080. The highest BCUT2D eigenvalue weighted by molar-refractivity contribution is 5.84.